The quantitative estimate of drug-likeness (QED) is 0.684. The van der Waals surface area contributed by atoms with Crippen LogP contribution in [-0.2, 0) is 4.79 Å². The molecule has 2 fully saturated rings. The maximum Gasteiger partial charge on any atom is 0.139 e. The van der Waals surface area contributed by atoms with Crippen LogP contribution in [0.15, 0.2) is 0 Å². The van der Waals surface area contributed by atoms with Crippen molar-refractivity contribution in [3.63, 3.8) is 0 Å². The van der Waals surface area contributed by atoms with Gasteiger partial charge >= 0.3 is 0 Å². The van der Waals surface area contributed by atoms with E-state index < -0.39 is 0 Å². The number of ketones is 1. The lowest BCUT2D eigenvalue weighted by molar-refractivity contribution is -0.130. The molecule has 3 atom stereocenters. The first-order valence-electron chi connectivity index (χ1n) is 7.04. The van der Waals surface area contributed by atoms with Crippen molar-refractivity contribution in [2.75, 3.05) is 0 Å². The van der Waals surface area contributed by atoms with E-state index in [1.807, 2.05) is 0 Å². The zero-order valence-electron chi connectivity index (χ0n) is 11.1. The van der Waals surface area contributed by atoms with Crippen LogP contribution in [0.2, 0.25) is 0 Å². The Labute approximate surface area is 100.0 Å². The third-order valence-electron chi connectivity index (χ3n) is 4.94. The van der Waals surface area contributed by atoms with E-state index in [2.05, 4.69) is 20.8 Å². The highest BCUT2D eigenvalue weighted by atomic mass is 16.1. The van der Waals surface area contributed by atoms with Gasteiger partial charge in [-0.3, -0.25) is 4.79 Å². The summed E-state index contributed by atoms with van der Waals surface area (Å²) in [6.45, 7) is 6.88. The van der Waals surface area contributed by atoms with Gasteiger partial charge in [-0.2, -0.15) is 0 Å². The maximum absolute atomic E-state index is 12.6. The van der Waals surface area contributed by atoms with Gasteiger partial charge in [-0.1, -0.05) is 40.0 Å². The van der Waals surface area contributed by atoms with Crippen LogP contribution >= 0.6 is 0 Å². The third kappa shape index (κ3) is 2.33. The second kappa shape index (κ2) is 4.50. The first-order valence-corrected chi connectivity index (χ1v) is 7.04. The van der Waals surface area contributed by atoms with Gasteiger partial charge in [-0.25, -0.2) is 0 Å². The molecule has 0 aromatic rings. The fourth-order valence-corrected chi connectivity index (χ4v) is 3.83. The predicted molar refractivity (Wildman–Crippen MR) is 67.3 cm³/mol. The minimum absolute atomic E-state index is 0.276. The molecule has 2 rings (SSSR count). The molecule has 1 nitrogen and oxygen atoms in total. The Morgan fingerprint density at radius 2 is 1.88 bits per heavy atom. The fraction of sp³-hybridized carbons (Fsp3) is 0.933. The van der Waals surface area contributed by atoms with Crippen molar-refractivity contribution in [1.82, 2.24) is 0 Å². The van der Waals surface area contributed by atoms with Crippen molar-refractivity contribution < 1.29 is 4.79 Å². The fourth-order valence-electron chi connectivity index (χ4n) is 3.83. The van der Waals surface area contributed by atoms with Crippen molar-refractivity contribution in [3.05, 3.63) is 0 Å². The summed E-state index contributed by atoms with van der Waals surface area (Å²) in [6.07, 6.45) is 8.57. The molecule has 2 saturated carbocycles. The summed E-state index contributed by atoms with van der Waals surface area (Å²) in [5, 5.41) is 0. The lowest BCUT2D eigenvalue weighted by Crippen LogP contribution is -2.33. The van der Waals surface area contributed by atoms with Gasteiger partial charge in [-0.05, 0) is 37.0 Å². The van der Waals surface area contributed by atoms with E-state index in [1.165, 1.54) is 25.7 Å². The molecule has 0 aliphatic heterocycles. The molecular weight excluding hydrogens is 196 g/mol. The Bertz CT molecular complexity index is 267. The Kier molecular flexibility index (Phi) is 3.42. The average molecular weight is 222 g/mol. The first-order chi connectivity index (χ1) is 7.50. The summed E-state index contributed by atoms with van der Waals surface area (Å²) in [5.74, 6) is 2.13. The zero-order valence-corrected chi connectivity index (χ0v) is 11.1. The van der Waals surface area contributed by atoms with E-state index >= 15 is 0 Å². The standard InChI is InChI=1S/C15H26O/c1-11-6-4-7-12(10-11)14(16)13-8-5-9-15(13,2)3/h11-13H,4-10H2,1-3H3. The largest absolute Gasteiger partial charge is 0.299 e. The van der Waals surface area contributed by atoms with Crippen LogP contribution in [-0.4, -0.2) is 5.78 Å². The van der Waals surface area contributed by atoms with Crippen LogP contribution in [0, 0.1) is 23.2 Å². The molecule has 0 aromatic carbocycles. The minimum atomic E-state index is 0.276. The summed E-state index contributed by atoms with van der Waals surface area (Å²) in [4.78, 5) is 12.6. The minimum Gasteiger partial charge on any atom is -0.299 e. The van der Waals surface area contributed by atoms with E-state index in [0.29, 0.717) is 17.6 Å². The molecule has 3 unspecified atom stereocenters. The molecule has 0 bridgehead atoms. The van der Waals surface area contributed by atoms with Crippen molar-refractivity contribution in [1.29, 1.82) is 0 Å². The van der Waals surface area contributed by atoms with Gasteiger partial charge in [0.25, 0.3) is 0 Å². The summed E-state index contributed by atoms with van der Waals surface area (Å²) in [7, 11) is 0. The summed E-state index contributed by atoms with van der Waals surface area (Å²) in [6, 6.07) is 0. The Morgan fingerprint density at radius 3 is 2.44 bits per heavy atom. The Morgan fingerprint density at radius 1 is 1.12 bits per heavy atom. The highest BCUT2D eigenvalue weighted by Crippen LogP contribution is 2.45. The lowest BCUT2D eigenvalue weighted by atomic mass is 9.71. The van der Waals surface area contributed by atoms with Crippen LogP contribution in [0.4, 0.5) is 0 Å². The highest BCUT2D eigenvalue weighted by molar-refractivity contribution is 5.84. The zero-order chi connectivity index (χ0) is 11.8. The third-order valence-corrected chi connectivity index (χ3v) is 4.94. The lowest BCUT2D eigenvalue weighted by Gasteiger charge is -2.32. The number of rotatable bonds is 2. The number of carbonyl (C=O) groups excluding carboxylic acids is 1. The number of hydrogen-bond donors (Lipinski definition) is 0. The van der Waals surface area contributed by atoms with Gasteiger partial charge in [-0.15, -0.1) is 0 Å². The van der Waals surface area contributed by atoms with Crippen LogP contribution in [0.25, 0.3) is 0 Å². The normalized spacial score (nSPS) is 38.6. The van der Waals surface area contributed by atoms with Gasteiger partial charge in [0, 0.05) is 11.8 Å². The Hall–Kier alpha value is -0.330. The first kappa shape index (κ1) is 12.1. The van der Waals surface area contributed by atoms with Crippen molar-refractivity contribution >= 4 is 5.78 Å². The molecule has 92 valence electrons. The van der Waals surface area contributed by atoms with Crippen LogP contribution < -0.4 is 0 Å². The van der Waals surface area contributed by atoms with E-state index in [0.717, 1.165) is 25.2 Å². The monoisotopic (exact) mass is 222 g/mol. The smallest absolute Gasteiger partial charge is 0.139 e. The van der Waals surface area contributed by atoms with E-state index in [1.54, 1.807) is 0 Å². The molecule has 0 spiro atoms. The molecule has 2 aliphatic carbocycles. The van der Waals surface area contributed by atoms with E-state index in [9.17, 15) is 4.79 Å². The second-order valence-corrected chi connectivity index (χ2v) is 6.80. The number of hydrogen-bond acceptors (Lipinski definition) is 1. The molecule has 0 aromatic heterocycles. The van der Waals surface area contributed by atoms with Crippen molar-refractivity contribution in [2.45, 2.75) is 65.7 Å². The van der Waals surface area contributed by atoms with Gasteiger partial charge in [0.1, 0.15) is 5.78 Å². The van der Waals surface area contributed by atoms with Gasteiger partial charge in [0.05, 0.1) is 0 Å². The molecule has 1 heteroatoms. The molecule has 0 heterocycles. The SMILES string of the molecule is CC1CCCC(C(=O)C2CCCC2(C)C)C1. The maximum atomic E-state index is 12.6. The van der Waals surface area contributed by atoms with Gasteiger partial charge in [0.15, 0.2) is 0 Å². The number of carbonyl (C=O) groups is 1. The topological polar surface area (TPSA) is 17.1 Å². The molecule has 0 N–H and O–H groups in total. The second-order valence-electron chi connectivity index (χ2n) is 6.80. The van der Waals surface area contributed by atoms with Crippen LogP contribution in [0.3, 0.4) is 0 Å². The Balaban J connectivity index is 2.01. The van der Waals surface area contributed by atoms with Crippen molar-refractivity contribution in [3.8, 4) is 0 Å². The molecule has 2 aliphatic rings. The molecule has 0 radical (unpaired) electrons. The van der Waals surface area contributed by atoms with E-state index in [-0.39, 0.29) is 5.41 Å². The molecule has 16 heavy (non-hydrogen) atoms. The number of Topliss-reactive ketones (excluding diaryl/α,β-unsaturated/α-hetero) is 1. The predicted octanol–water partition coefficient (Wildman–Crippen LogP) is 4.21. The van der Waals surface area contributed by atoms with Gasteiger partial charge < -0.3 is 0 Å². The van der Waals surface area contributed by atoms with E-state index in [4.69, 9.17) is 0 Å². The van der Waals surface area contributed by atoms with Crippen molar-refractivity contribution in [2.24, 2.45) is 23.2 Å². The summed E-state index contributed by atoms with van der Waals surface area (Å²) < 4.78 is 0. The molecular formula is C15H26O. The van der Waals surface area contributed by atoms with Crippen LogP contribution in [0.5, 0.6) is 0 Å². The molecule has 0 amide bonds. The highest BCUT2D eigenvalue weighted by Gasteiger charge is 2.42. The molecule has 0 saturated heterocycles. The average Bonchev–Trinajstić information content (AvgIpc) is 2.57. The summed E-state index contributed by atoms with van der Waals surface area (Å²) in [5.41, 5.74) is 0.276. The van der Waals surface area contributed by atoms with Gasteiger partial charge in [0.2, 0.25) is 0 Å². The van der Waals surface area contributed by atoms with Crippen LogP contribution in [0.1, 0.15) is 65.7 Å². The summed E-state index contributed by atoms with van der Waals surface area (Å²) >= 11 is 0.